The van der Waals surface area contributed by atoms with E-state index in [4.69, 9.17) is 0 Å². The second kappa shape index (κ2) is 10.9. The maximum Gasteiger partial charge on any atom is 0.252 e. The predicted octanol–water partition coefficient (Wildman–Crippen LogP) is 3.16. The fourth-order valence-corrected chi connectivity index (χ4v) is 5.94. The molecule has 1 heterocycles. The number of benzene rings is 1. The van der Waals surface area contributed by atoms with Gasteiger partial charge in [0.2, 0.25) is 5.91 Å². The highest BCUT2D eigenvalue weighted by Gasteiger charge is 2.26. The molecule has 0 saturated heterocycles. The van der Waals surface area contributed by atoms with E-state index in [1.54, 1.807) is 38.1 Å². The molecule has 0 spiro atoms. The van der Waals surface area contributed by atoms with E-state index in [1.807, 2.05) is 32.9 Å². The summed E-state index contributed by atoms with van der Waals surface area (Å²) in [6.45, 7) is 10.3. The molecule has 0 radical (unpaired) electrons. The first-order valence-electron chi connectivity index (χ1n) is 10.3. The molecule has 7 nitrogen and oxygen atoms in total. The van der Waals surface area contributed by atoms with Crippen LogP contribution in [0.15, 0.2) is 40.6 Å². The molecule has 1 aromatic heterocycles. The zero-order chi connectivity index (χ0) is 23.2. The van der Waals surface area contributed by atoms with Crippen LogP contribution in [0.4, 0.5) is 0 Å². The third kappa shape index (κ3) is 6.38. The second-order valence-corrected chi connectivity index (χ2v) is 10.9. The summed E-state index contributed by atoms with van der Waals surface area (Å²) in [5.74, 6) is -0.731. The van der Waals surface area contributed by atoms with Gasteiger partial charge < -0.3 is 10.6 Å². The van der Waals surface area contributed by atoms with Gasteiger partial charge in [0.1, 0.15) is 10.3 Å². The predicted molar refractivity (Wildman–Crippen MR) is 124 cm³/mol. The zero-order valence-electron chi connectivity index (χ0n) is 18.6. The van der Waals surface area contributed by atoms with Gasteiger partial charge in [0, 0.05) is 23.5 Å². The maximum absolute atomic E-state index is 12.7. The molecule has 0 bridgehead atoms. The molecule has 2 amide bonds. The normalized spacial score (nSPS) is 12.7. The number of hydrogen-bond donors (Lipinski definition) is 2. The van der Waals surface area contributed by atoms with E-state index in [-0.39, 0.29) is 28.5 Å². The van der Waals surface area contributed by atoms with Crippen molar-refractivity contribution in [2.75, 3.05) is 13.1 Å². The Morgan fingerprint density at radius 3 is 2.19 bits per heavy atom. The van der Waals surface area contributed by atoms with Crippen molar-refractivity contribution in [2.45, 2.75) is 51.4 Å². The summed E-state index contributed by atoms with van der Waals surface area (Å²) in [4.78, 5) is 26.0. The van der Waals surface area contributed by atoms with E-state index in [2.05, 4.69) is 10.6 Å². The summed E-state index contributed by atoms with van der Waals surface area (Å²) in [7, 11) is -3.52. The van der Waals surface area contributed by atoms with E-state index >= 15 is 0 Å². The Bertz CT molecular complexity index is 994. The molecule has 0 aliphatic rings. The van der Waals surface area contributed by atoms with Gasteiger partial charge in [-0.05, 0) is 37.1 Å². The van der Waals surface area contributed by atoms with Crippen LogP contribution >= 0.6 is 11.3 Å². The highest BCUT2D eigenvalue weighted by molar-refractivity contribution is 7.91. The van der Waals surface area contributed by atoms with Crippen molar-refractivity contribution in [2.24, 2.45) is 5.92 Å². The number of nitrogens with one attached hydrogen (secondary N) is 2. The van der Waals surface area contributed by atoms with Crippen LogP contribution in [-0.2, 0) is 21.4 Å². The number of hydrogen-bond acceptors (Lipinski definition) is 5. The smallest absolute Gasteiger partial charge is 0.252 e. The number of rotatable bonds is 10. The average Bonchev–Trinajstić information content (AvgIpc) is 3.21. The highest BCUT2D eigenvalue weighted by atomic mass is 32.2. The van der Waals surface area contributed by atoms with Crippen molar-refractivity contribution in [3.05, 3.63) is 52.4 Å². The molecule has 1 aromatic carbocycles. The van der Waals surface area contributed by atoms with Crippen LogP contribution in [0.3, 0.4) is 0 Å². The Hall–Kier alpha value is -2.23. The van der Waals surface area contributed by atoms with Gasteiger partial charge in [0.15, 0.2) is 0 Å². The highest BCUT2D eigenvalue weighted by Crippen LogP contribution is 2.25. The van der Waals surface area contributed by atoms with Gasteiger partial charge in [-0.1, -0.05) is 45.4 Å². The lowest BCUT2D eigenvalue weighted by molar-refractivity contribution is -0.124. The molecule has 2 rings (SSSR count). The SMILES string of the molecule is CCN(CC)S(=O)(=O)c1ccc(CNC(=O)[C@@H](NC(=O)c2ccc(C)cc2)C(C)C)s1. The lowest BCUT2D eigenvalue weighted by Crippen LogP contribution is -2.49. The van der Waals surface area contributed by atoms with Crippen LogP contribution in [0.5, 0.6) is 0 Å². The Balaban J connectivity index is 2.03. The number of thiophene rings is 1. The average molecular weight is 466 g/mol. The number of aryl methyl sites for hydroxylation is 1. The van der Waals surface area contributed by atoms with Crippen LogP contribution in [0, 0.1) is 12.8 Å². The molecule has 0 aliphatic heterocycles. The molecule has 0 fully saturated rings. The van der Waals surface area contributed by atoms with Crippen LogP contribution in [-0.4, -0.2) is 43.7 Å². The van der Waals surface area contributed by atoms with Gasteiger partial charge >= 0.3 is 0 Å². The van der Waals surface area contributed by atoms with Crippen molar-refractivity contribution < 1.29 is 18.0 Å². The molecule has 2 N–H and O–H groups in total. The molecular formula is C22H31N3O4S2. The van der Waals surface area contributed by atoms with Crippen LogP contribution < -0.4 is 10.6 Å². The first-order chi connectivity index (χ1) is 14.6. The topological polar surface area (TPSA) is 95.6 Å². The van der Waals surface area contributed by atoms with E-state index < -0.39 is 16.1 Å². The first-order valence-corrected chi connectivity index (χ1v) is 12.6. The fourth-order valence-electron chi connectivity index (χ4n) is 3.03. The number of carbonyl (C=O) groups is 2. The molecule has 0 saturated carbocycles. The zero-order valence-corrected chi connectivity index (χ0v) is 20.3. The van der Waals surface area contributed by atoms with Crippen molar-refractivity contribution in [3.63, 3.8) is 0 Å². The van der Waals surface area contributed by atoms with Crippen LogP contribution in [0.2, 0.25) is 0 Å². The summed E-state index contributed by atoms with van der Waals surface area (Å²) in [6, 6.07) is 9.72. The van der Waals surface area contributed by atoms with Gasteiger partial charge in [-0.25, -0.2) is 8.42 Å². The van der Waals surface area contributed by atoms with Crippen LogP contribution in [0.25, 0.3) is 0 Å². The van der Waals surface area contributed by atoms with Crippen LogP contribution in [0.1, 0.15) is 48.5 Å². The lowest BCUT2D eigenvalue weighted by Gasteiger charge is -2.21. The summed E-state index contributed by atoms with van der Waals surface area (Å²) in [5.41, 5.74) is 1.54. The molecular weight excluding hydrogens is 434 g/mol. The van der Waals surface area contributed by atoms with E-state index in [1.165, 1.54) is 4.31 Å². The van der Waals surface area contributed by atoms with Crippen molar-refractivity contribution >= 4 is 33.2 Å². The summed E-state index contributed by atoms with van der Waals surface area (Å²) >= 11 is 1.14. The number of carbonyl (C=O) groups excluding carboxylic acids is 2. The van der Waals surface area contributed by atoms with E-state index in [9.17, 15) is 18.0 Å². The number of sulfonamides is 1. The Morgan fingerprint density at radius 1 is 1.03 bits per heavy atom. The minimum Gasteiger partial charge on any atom is -0.349 e. The van der Waals surface area contributed by atoms with Gasteiger partial charge in [-0.3, -0.25) is 9.59 Å². The number of amides is 2. The summed E-state index contributed by atoms with van der Waals surface area (Å²) < 4.78 is 26.9. The number of nitrogens with zero attached hydrogens (tertiary/aromatic N) is 1. The molecule has 0 unspecified atom stereocenters. The summed E-state index contributed by atoms with van der Waals surface area (Å²) in [5, 5.41) is 5.61. The van der Waals surface area contributed by atoms with Crippen molar-refractivity contribution in [3.8, 4) is 0 Å². The molecule has 2 aromatic rings. The van der Waals surface area contributed by atoms with Crippen molar-refractivity contribution in [1.29, 1.82) is 0 Å². The van der Waals surface area contributed by atoms with E-state index in [0.717, 1.165) is 21.8 Å². The summed E-state index contributed by atoms with van der Waals surface area (Å²) in [6.07, 6.45) is 0. The fraction of sp³-hybridized carbons (Fsp3) is 0.455. The van der Waals surface area contributed by atoms with Gasteiger partial charge in [-0.2, -0.15) is 4.31 Å². The third-order valence-corrected chi connectivity index (χ3v) is 8.53. The standard InChI is InChI=1S/C22H31N3O4S2/c1-6-25(7-2)31(28,29)19-13-12-18(30-19)14-23-22(27)20(15(3)4)24-21(26)17-10-8-16(5)9-11-17/h8-13,15,20H,6-7,14H2,1-5H3,(H,23,27)(H,24,26)/t20-/m0/s1. The lowest BCUT2D eigenvalue weighted by atomic mass is 10.0. The first kappa shape index (κ1) is 25.0. The van der Waals surface area contributed by atoms with Crippen molar-refractivity contribution in [1.82, 2.24) is 14.9 Å². The Morgan fingerprint density at radius 2 is 1.65 bits per heavy atom. The second-order valence-electron chi connectivity index (χ2n) is 7.59. The molecule has 1 atom stereocenters. The molecule has 31 heavy (non-hydrogen) atoms. The monoisotopic (exact) mass is 465 g/mol. The quantitative estimate of drug-likeness (QED) is 0.563. The molecule has 170 valence electrons. The maximum atomic E-state index is 12.7. The van der Waals surface area contributed by atoms with E-state index in [0.29, 0.717) is 18.7 Å². The van der Waals surface area contributed by atoms with Gasteiger partial charge in [0.25, 0.3) is 15.9 Å². The minimum absolute atomic E-state index is 0.115. The largest absolute Gasteiger partial charge is 0.349 e. The Labute approximate surface area is 188 Å². The van der Waals surface area contributed by atoms with Gasteiger partial charge in [0.05, 0.1) is 6.54 Å². The molecule has 0 aliphatic carbocycles. The minimum atomic E-state index is -3.52. The molecule has 9 heteroatoms. The Kier molecular flexibility index (Phi) is 8.79. The third-order valence-electron chi connectivity index (χ3n) is 4.92. The van der Waals surface area contributed by atoms with Gasteiger partial charge in [-0.15, -0.1) is 11.3 Å².